The highest BCUT2D eigenvalue weighted by Crippen LogP contribution is 2.42. The number of hydrogen-bond acceptors (Lipinski definition) is 6. The van der Waals surface area contributed by atoms with Gasteiger partial charge in [0.2, 0.25) is 5.71 Å². The fourth-order valence-electron chi connectivity index (χ4n) is 4.41. The zero-order valence-electron chi connectivity index (χ0n) is 18.1. The van der Waals surface area contributed by atoms with Crippen LogP contribution < -0.4 is 5.32 Å². The minimum absolute atomic E-state index is 0.00377. The number of carbonyl (C=O) groups excluding carboxylic acids is 1. The highest BCUT2D eigenvalue weighted by Gasteiger charge is 2.42. The summed E-state index contributed by atoms with van der Waals surface area (Å²) in [4.78, 5) is 24.3. The van der Waals surface area contributed by atoms with Crippen molar-refractivity contribution in [3.63, 3.8) is 0 Å². The fourth-order valence-corrected chi connectivity index (χ4v) is 5.37. The van der Waals surface area contributed by atoms with Crippen LogP contribution in [0, 0.1) is 13.8 Å². The lowest BCUT2D eigenvalue weighted by Crippen LogP contribution is -2.38. The van der Waals surface area contributed by atoms with E-state index in [0.717, 1.165) is 41.5 Å². The highest BCUT2D eigenvalue weighted by molar-refractivity contribution is 14.1. The van der Waals surface area contributed by atoms with Crippen molar-refractivity contribution < 1.29 is 9.21 Å². The molecule has 2 aliphatic rings. The maximum absolute atomic E-state index is 13.6. The van der Waals surface area contributed by atoms with Gasteiger partial charge in [0.15, 0.2) is 0 Å². The van der Waals surface area contributed by atoms with Crippen molar-refractivity contribution in [2.45, 2.75) is 51.0 Å². The minimum atomic E-state index is 0.00377. The Bertz CT molecular complexity index is 1120. The highest BCUT2D eigenvalue weighted by atomic mass is 127. The van der Waals surface area contributed by atoms with Crippen LogP contribution in [0.25, 0.3) is 11.1 Å². The van der Waals surface area contributed by atoms with E-state index in [1.807, 2.05) is 23.6 Å². The number of piperidine rings is 1. The van der Waals surface area contributed by atoms with Gasteiger partial charge in [0.25, 0.3) is 5.91 Å². The molecule has 0 aromatic carbocycles. The van der Waals surface area contributed by atoms with Gasteiger partial charge in [0.05, 0.1) is 16.6 Å². The Morgan fingerprint density at radius 3 is 2.65 bits per heavy atom. The number of nitrogens with zero attached hydrogens (tertiary/aromatic N) is 5. The van der Waals surface area contributed by atoms with Crippen molar-refractivity contribution in [3.05, 3.63) is 35.1 Å². The van der Waals surface area contributed by atoms with Crippen LogP contribution in [0.1, 0.15) is 59.1 Å². The van der Waals surface area contributed by atoms with Crippen molar-refractivity contribution in [2.24, 2.45) is 7.05 Å². The normalized spacial score (nSPS) is 18.5. The standard InChI is InChI=1S/C22H27IN6O2/c1-13-10-16(27-28(13)3)15-4-8-29(9-5-15)21(30)17-14(2)31-20-18(17)19(24-12-25-20)26-22(11-23)6-7-22/h10,12,15H,4-9,11H2,1-3H3,(H,24,25,26). The van der Waals surface area contributed by atoms with Gasteiger partial charge in [-0.15, -0.1) is 0 Å². The molecule has 9 heteroatoms. The molecule has 0 unspecified atom stereocenters. The number of likely N-dealkylation sites (tertiary alicyclic amines) is 1. The number of alkyl halides is 1. The predicted octanol–water partition coefficient (Wildman–Crippen LogP) is 3.97. The molecule has 1 saturated heterocycles. The monoisotopic (exact) mass is 534 g/mol. The van der Waals surface area contributed by atoms with Gasteiger partial charge in [-0.25, -0.2) is 9.97 Å². The first kappa shape index (κ1) is 20.7. The van der Waals surface area contributed by atoms with Gasteiger partial charge >= 0.3 is 0 Å². The molecule has 1 N–H and O–H groups in total. The maximum Gasteiger partial charge on any atom is 0.258 e. The first-order chi connectivity index (χ1) is 14.9. The molecule has 1 amide bonds. The Balaban J connectivity index is 1.39. The molecule has 0 atom stereocenters. The number of nitrogens with one attached hydrogen (secondary N) is 1. The van der Waals surface area contributed by atoms with Crippen LogP contribution in [0.3, 0.4) is 0 Å². The Hall–Kier alpha value is -2.17. The van der Waals surface area contributed by atoms with Crippen LogP contribution in [-0.4, -0.2) is 53.6 Å². The summed E-state index contributed by atoms with van der Waals surface area (Å²) in [5, 5.41) is 8.92. The number of amides is 1. The summed E-state index contributed by atoms with van der Waals surface area (Å²) in [6, 6.07) is 2.16. The Kier molecular flexibility index (Phi) is 5.18. The molecule has 8 nitrogen and oxygen atoms in total. The van der Waals surface area contributed by atoms with Gasteiger partial charge < -0.3 is 14.6 Å². The van der Waals surface area contributed by atoms with Crippen LogP contribution in [0.15, 0.2) is 16.8 Å². The number of rotatable bonds is 5. The van der Waals surface area contributed by atoms with Crippen molar-refractivity contribution in [1.29, 1.82) is 0 Å². The minimum Gasteiger partial charge on any atom is -0.442 e. The van der Waals surface area contributed by atoms with E-state index in [9.17, 15) is 4.79 Å². The lowest BCUT2D eigenvalue weighted by molar-refractivity contribution is 0.0712. The summed E-state index contributed by atoms with van der Waals surface area (Å²) in [7, 11) is 1.97. The summed E-state index contributed by atoms with van der Waals surface area (Å²) in [5.74, 6) is 1.71. The Morgan fingerprint density at radius 1 is 1.29 bits per heavy atom. The number of furan rings is 1. The third-order valence-corrected chi connectivity index (χ3v) is 8.16. The average molecular weight is 534 g/mol. The summed E-state index contributed by atoms with van der Waals surface area (Å²) >= 11 is 2.40. The first-order valence-electron chi connectivity index (χ1n) is 10.8. The molecular weight excluding hydrogens is 507 g/mol. The largest absolute Gasteiger partial charge is 0.442 e. The number of anilines is 1. The van der Waals surface area contributed by atoms with Gasteiger partial charge in [-0.3, -0.25) is 9.48 Å². The second-order valence-electron chi connectivity index (χ2n) is 8.88. The van der Waals surface area contributed by atoms with Gasteiger partial charge in [-0.05, 0) is 45.6 Å². The summed E-state index contributed by atoms with van der Waals surface area (Å²) in [6.45, 7) is 5.32. The van der Waals surface area contributed by atoms with E-state index in [1.54, 1.807) is 0 Å². The van der Waals surface area contributed by atoms with Gasteiger partial charge in [-0.2, -0.15) is 5.10 Å². The van der Waals surface area contributed by atoms with Crippen LogP contribution in [-0.2, 0) is 7.05 Å². The molecule has 2 fully saturated rings. The topological polar surface area (TPSA) is 89.1 Å². The van der Waals surface area contributed by atoms with Crippen LogP contribution in [0.2, 0.25) is 0 Å². The van der Waals surface area contributed by atoms with Crippen molar-refractivity contribution in [1.82, 2.24) is 24.6 Å². The summed E-state index contributed by atoms with van der Waals surface area (Å²) in [5.41, 5.74) is 3.43. The second-order valence-corrected chi connectivity index (χ2v) is 9.64. The van der Waals surface area contributed by atoms with E-state index in [0.29, 0.717) is 47.2 Å². The van der Waals surface area contributed by atoms with E-state index in [2.05, 4.69) is 56.0 Å². The number of hydrogen-bond donors (Lipinski definition) is 1. The van der Waals surface area contributed by atoms with Crippen molar-refractivity contribution >= 4 is 45.4 Å². The summed E-state index contributed by atoms with van der Waals surface area (Å²) < 4.78 is 8.79. The lowest BCUT2D eigenvalue weighted by Gasteiger charge is -2.31. The van der Waals surface area contributed by atoms with Crippen molar-refractivity contribution in [2.75, 3.05) is 22.8 Å². The molecular formula is C22H27IN6O2. The van der Waals surface area contributed by atoms with Gasteiger partial charge in [0.1, 0.15) is 17.9 Å². The molecule has 1 aliphatic carbocycles. The second kappa shape index (κ2) is 7.75. The number of halogens is 1. The smallest absolute Gasteiger partial charge is 0.258 e. The molecule has 0 radical (unpaired) electrons. The van der Waals surface area contributed by atoms with Crippen LogP contribution in [0.4, 0.5) is 5.82 Å². The van der Waals surface area contributed by atoms with Crippen LogP contribution in [0.5, 0.6) is 0 Å². The lowest BCUT2D eigenvalue weighted by atomic mass is 9.93. The quantitative estimate of drug-likeness (QED) is 0.394. The molecule has 1 saturated carbocycles. The van der Waals surface area contributed by atoms with E-state index in [4.69, 9.17) is 4.42 Å². The number of aryl methyl sites for hydroxylation is 3. The molecule has 0 spiro atoms. The van der Waals surface area contributed by atoms with Gasteiger partial charge in [-0.1, -0.05) is 22.6 Å². The molecule has 1 aliphatic heterocycles. The van der Waals surface area contributed by atoms with Gasteiger partial charge in [0, 0.05) is 41.7 Å². The number of fused-ring (bicyclic) bond motifs is 1. The molecule has 3 aromatic heterocycles. The summed E-state index contributed by atoms with van der Waals surface area (Å²) in [6.07, 6.45) is 5.56. The molecule has 164 valence electrons. The predicted molar refractivity (Wildman–Crippen MR) is 127 cm³/mol. The molecule has 4 heterocycles. The third-order valence-electron chi connectivity index (χ3n) is 6.70. The van der Waals surface area contributed by atoms with E-state index < -0.39 is 0 Å². The maximum atomic E-state index is 13.6. The molecule has 31 heavy (non-hydrogen) atoms. The van der Waals surface area contributed by atoms with E-state index >= 15 is 0 Å². The SMILES string of the molecule is Cc1oc2ncnc(NC3(CI)CC3)c2c1C(=O)N1CCC(c2cc(C)n(C)n2)CC1. The Labute approximate surface area is 194 Å². The fraction of sp³-hybridized carbons (Fsp3) is 0.545. The average Bonchev–Trinajstić information content (AvgIpc) is 3.34. The Morgan fingerprint density at radius 2 is 2.03 bits per heavy atom. The molecule has 5 rings (SSSR count). The van der Waals surface area contributed by atoms with Crippen molar-refractivity contribution in [3.8, 4) is 0 Å². The van der Waals surface area contributed by atoms with Crippen LogP contribution >= 0.6 is 22.6 Å². The number of aromatic nitrogens is 4. The third kappa shape index (κ3) is 3.70. The molecule has 0 bridgehead atoms. The van der Waals surface area contributed by atoms with E-state index in [-0.39, 0.29) is 11.4 Å². The first-order valence-corrected chi connectivity index (χ1v) is 12.3. The molecule has 3 aromatic rings. The zero-order valence-corrected chi connectivity index (χ0v) is 20.3. The number of carbonyl (C=O) groups is 1. The van der Waals surface area contributed by atoms with E-state index in [1.165, 1.54) is 6.33 Å². The zero-order chi connectivity index (χ0) is 21.8.